The molecule has 1 saturated heterocycles. The highest BCUT2D eigenvalue weighted by Crippen LogP contribution is 2.43. The van der Waals surface area contributed by atoms with Crippen LogP contribution in [0.2, 0.25) is 0 Å². The summed E-state index contributed by atoms with van der Waals surface area (Å²) in [6.07, 6.45) is 1.54. The van der Waals surface area contributed by atoms with Crippen LogP contribution < -0.4 is 5.32 Å². The van der Waals surface area contributed by atoms with Gasteiger partial charge in [0.15, 0.2) is 0 Å². The van der Waals surface area contributed by atoms with Crippen LogP contribution in [-0.2, 0) is 13.9 Å². The van der Waals surface area contributed by atoms with Crippen LogP contribution in [0.3, 0.4) is 0 Å². The van der Waals surface area contributed by atoms with Gasteiger partial charge in [0.1, 0.15) is 6.04 Å². The average molecular weight is 278 g/mol. The van der Waals surface area contributed by atoms with E-state index in [9.17, 15) is 14.3 Å². The van der Waals surface area contributed by atoms with Crippen LogP contribution in [0.1, 0.15) is 6.92 Å². The van der Waals surface area contributed by atoms with Crippen molar-refractivity contribution in [2.75, 3.05) is 32.8 Å². The maximum atomic E-state index is 11.3. The Hall–Kier alpha value is -0.720. The number of nitrogens with zero attached hydrogens (tertiary/aromatic N) is 1. The summed E-state index contributed by atoms with van der Waals surface area (Å²) in [5, 5.41) is 11.8. The Morgan fingerprint density at radius 3 is 3.00 bits per heavy atom. The number of hydrogen-bond acceptors (Lipinski definition) is 5. The molecule has 3 N–H and O–H groups in total. The number of hydrogen-bond donors (Lipinski definition) is 3. The van der Waals surface area contributed by atoms with Gasteiger partial charge in [0.05, 0.1) is 6.61 Å². The maximum absolute atomic E-state index is 11.3. The van der Waals surface area contributed by atoms with Crippen molar-refractivity contribution >= 4 is 13.6 Å². The van der Waals surface area contributed by atoms with Crippen molar-refractivity contribution in [1.82, 2.24) is 10.2 Å². The molecule has 1 fully saturated rings. The molecule has 0 aromatic rings. The van der Waals surface area contributed by atoms with E-state index in [1.165, 1.54) is 0 Å². The zero-order chi connectivity index (χ0) is 13.6. The van der Waals surface area contributed by atoms with Crippen LogP contribution in [0, 0.1) is 0 Å². The molecule has 2 unspecified atom stereocenters. The largest absolute Gasteiger partial charge is 0.480 e. The van der Waals surface area contributed by atoms with Crippen LogP contribution in [0.25, 0.3) is 0 Å². The lowest BCUT2D eigenvalue weighted by Gasteiger charge is -2.30. The van der Waals surface area contributed by atoms with Crippen LogP contribution >= 0.6 is 7.60 Å². The Labute approximate surface area is 106 Å². The molecule has 0 aromatic carbocycles. The first-order valence-corrected chi connectivity index (χ1v) is 7.42. The molecule has 8 heteroatoms. The minimum Gasteiger partial charge on any atom is -0.480 e. The van der Waals surface area contributed by atoms with Gasteiger partial charge in [0.2, 0.25) is 0 Å². The summed E-state index contributed by atoms with van der Waals surface area (Å²) < 4.78 is 16.0. The van der Waals surface area contributed by atoms with E-state index in [1.54, 1.807) is 13.0 Å². The first-order valence-electron chi connectivity index (χ1n) is 5.78. The quantitative estimate of drug-likeness (QED) is 0.592. The smallest absolute Gasteiger partial charge is 0.351 e. The zero-order valence-electron chi connectivity index (χ0n) is 10.3. The molecule has 1 heterocycles. The number of carbonyl (C=O) groups is 1. The monoisotopic (exact) mass is 278 g/mol. The van der Waals surface area contributed by atoms with Gasteiger partial charge >= 0.3 is 13.6 Å². The zero-order valence-corrected chi connectivity index (χ0v) is 11.2. The lowest BCUT2D eigenvalue weighted by Crippen LogP contribution is -2.54. The highest BCUT2D eigenvalue weighted by molar-refractivity contribution is 7.56. The summed E-state index contributed by atoms with van der Waals surface area (Å²) in [5.41, 5.74) is 0. The van der Waals surface area contributed by atoms with Crippen molar-refractivity contribution in [2.45, 2.75) is 13.0 Å². The Morgan fingerprint density at radius 1 is 1.67 bits per heavy atom. The van der Waals surface area contributed by atoms with Gasteiger partial charge in [0.25, 0.3) is 0 Å². The number of nitrogens with one attached hydrogen (secondary N) is 1. The number of aliphatic carboxylic acids is 1. The van der Waals surface area contributed by atoms with Gasteiger partial charge in [-0.05, 0) is 6.92 Å². The van der Waals surface area contributed by atoms with E-state index in [-0.39, 0.29) is 6.61 Å². The molecule has 0 aromatic heterocycles. The molecule has 104 valence electrons. The van der Waals surface area contributed by atoms with Gasteiger partial charge in [-0.15, -0.1) is 0 Å². The van der Waals surface area contributed by atoms with E-state index >= 15 is 0 Å². The van der Waals surface area contributed by atoms with E-state index in [1.807, 2.05) is 4.90 Å². The summed E-state index contributed by atoms with van der Waals surface area (Å²) >= 11 is 0. The third kappa shape index (κ3) is 5.29. The van der Waals surface area contributed by atoms with Crippen molar-refractivity contribution in [3.05, 3.63) is 11.9 Å². The van der Waals surface area contributed by atoms with Crippen LogP contribution in [-0.4, -0.2) is 59.7 Å². The molecule has 0 bridgehead atoms. The highest BCUT2D eigenvalue weighted by Gasteiger charge is 2.24. The molecular formula is C10H19N2O5P. The molecule has 0 aliphatic carbocycles. The second kappa shape index (κ2) is 7.01. The van der Waals surface area contributed by atoms with E-state index in [4.69, 9.17) is 5.11 Å². The van der Waals surface area contributed by atoms with Crippen molar-refractivity contribution in [3.8, 4) is 0 Å². The van der Waals surface area contributed by atoms with Gasteiger partial charge in [-0.3, -0.25) is 14.3 Å². The summed E-state index contributed by atoms with van der Waals surface area (Å²) in [6, 6.07) is -0.583. The third-order valence-corrected chi connectivity index (χ3v) is 3.74. The first-order chi connectivity index (χ1) is 8.44. The summed E-state index contributed by atoms with van der Waals surface area (Å²) in [4.78, 5) is 22.0. The highest BCUT2D eigenvalue weighted by atomic mass is 31.2. The molecule has 0 saturated carbocycles. The fraction of sp³-hybridized carbons (Fsp3) is 0.700. The van der Waals surface area contributed by atoms with E-state index < -0.39 is 19.6 Å². The minimum atomic E-state index is -3.63. The molecule has 0 spiro atoms. The SMILES string of the molecule is CCOP(=O)(O)C=CCN1CCNC(C(=O)O)C1. The fourth-order valence-electron chi connectivity index (χ4n) is 1.70. The van der Waals surface area contributed by atoms with Crippen molar-refractivity contribution in [1.29, 1.82) is 0 Å². The van der Waals surface area contributed by atoms with Gasteiger partial charge in [-0.1, -0.05) is 6.08 Å². The molecule has 7 nitrogen and oxygen atoms in total. The van der Waals surface area contributed by atoms with E-state index in [2.05, 4.69) is 9.84 Å². The molecule has 18 heavy (non-hydrogen) atoms. The first kappa shape index (κ1) is 15.3. The molecule has 2 atom stereocenters. The van der Waals surface area contributed by atoms with Gasteiger partial charge in [-0.2, -0.15) is 0 Å². The predicted molar refractivity (Wildman–Crippen MR) is 66.5 cm³/mol. The standard InChI is InChI=1S/C10H19N2O5P/c1-2-17-18(15,16)7-3-5-12-6-4-11-9(8-12)10(13)14/h3,7,9,11H,2,4-6,8H2,1H3,(H,13,14)(H,15,16). The van der Waals surface area contributed by atoms with Crippen molar-refractivity contribution in [3.63, 3.8) is 0 Å². The number of rotatable bonds is 6. The Kier molecular flexibility index (Phi) is 5.98. The Balaban J connectivity index is 2.41. The third-order valence-electron chi connectivity index (χ3n) is 2.53. The molecule has 0 amide bonds. The molecule has 1 aliphatic heterocycles. The number of carboxylic acids is 1. The minimum absolute atomic E-state index is 0.173. The molecule has 1 aliphatic rings. The summed E-state index contributed by atoms with van der Waals surface area (Å²) in [5.74, 6) is 0.264. The van der Waals surface area contributed by atoms with E-state index in [0.717, 1.165) is 5.82 Å². The lowest BCUT2D eigenvalue weighted by atomic mass is 10.2. The van der Waals surface area contributed by atoms with Gasteiger partial charge in [0, 0.05) is 32.0 Å². The summed E-state index contributed by atoms with van der Waals surface area (Å²) in [7, 11) is -3.63. The summed E-state index contributed by atoms with van der Waals surface area (Å²) in [6.45, 7) is 3.93. The van der Waals surface area contributed by atoms with Crippen LogP contribution in [0.4, 0.5) is 0 Å². The lowest BCUT2D eigenvalue weighted by molar-refractivity contribution is -0.140. The van der Waals surface area contributed by atoms with Gasteiger partial charge in [-0.25, -0.2) is 0 Å². The van der Waals surface area contributed by atoms with Crippen molar-refractivity contribution in [2.24, 2.45) is 0 Å². The second-order valence-electron chi connectivity index (χ2n) is 3.97. The topological polar surface area (TPSA) is 99.1 Å². The van der Waals surface area contributed by atoms with Crippen LogP contribution in [0.5, 0.6) is 0 Å². The number of piperazine rings is 1. The molecular weight excluding hydrogens is 259 g/mol. The normalized spacial score (nSPS) is 25.1. The predicted octanol–water partition coefficient (Wildman–Crippen LogP) is 0.0804. The maximum Gasteiger partial charge on any atom is 0.351 e. The fourth-order valence-corrected chi connectivity index (χ4v) is 2.52. The van der Waals surface area contributed by atoms with Crippen molar-refractivity contribution < 1.29 is 23.9 Å². The second-order valence-corrected chi connectivity index (χ2v) is 5.66. The van der Waals surface area contributed by atoms with Crippen LogP contribution in [0.15, 0.2) is 11.9 Å². The molecule has 0 radical (unpaired) electrons. The number of carboxylic acid groups (broad SMARTS) is 1. The Bertz CT molecular complexity index is 360. The average Bonchev–Trinajstić information content (AvgIpc) is 2.29. The van der Waals surface area contributed by atoms with Gasteiger partial charge < -0.3 is 19.8 Å². The van der Waals surface area contributed by atoms with E-state index in [0.29, 0.717) is 26.2 Å². The Morgan fingerprint density at radius 2 is 2.39 bits per heavy atom. The molecule has 1 rings (SSSR count).